The van der Waals surface area contributed by atoms with E-state index in [0.29, 0.717) is 15.7 Å². The SMILES string of the molecule is O=C(N[C@@H](Cc1cnc[nH]1)C(=O)N/N=C\c1cc(Br)cc(Br)c1O)OCc1ccccc1. The minimum Gasteiger partial charge on any atom is -0.506 e. The molecule has 0 fully saturated rings. The van der Waals surface area contributed by atoms with E-state index in [9.17, 15) is 14.7 Å². The highest BCUT2D eigenvalue weighted by atomic mass is 79.9. The Labute approximate surface area is 200 Å². The predicted molar refractivity (Wildman–Crippen MR) is 125 cm³/mol. The number of carbonyl (C=O) groups excluding carboxylic acids is 2. The van der Waals surface area contributed by atoms with Gasteiger partial charge in [-0.05, 0) is 33.6 Å². The fourth-order valence-electron chi connectivity index (χ4n) is 2.66. The number of phenols is 1. The maximum absolute atomic E-state index is 12.7. The highest BCUT2D eigenvalue weighted by Crippen LogP contribution is 2.30. The Morgan fingerprint density at radius 3 is 2.75 bits per heavy atom. The Bertz CT molecular complexity index is 1090. The molecule has 1 atom stereocenters. The molecule has 0 aliphatic heterocycles. The van der Waals surface area contributed by atoms with E-state index in [1.807, 2.05) is 30.3 Å². The number of phenolic OH excluding ortho intramolecular Hbond substituents is 1. The summed E-state index contributed by atoms with van der Waals surface area (Å²) in [7, 11) is 0. The number of hydrazone groups is 1. The van der Waals surface area contributed by atoms with Crippen molar-refractivity contribution in [1.82, 2.24) is 20.7 Å². The molecule has 0 saturated heterocycles. The van der Waals surface area contributed by atoms with E-state index in [-0.39, 0.29) is 18.8 Å². The molecule has 2 aromatic carbocycles. The van der Waals surface area contributed by atoms with Crippen molar-refractivity contribution >= 4 is 50.1 Å². The highest BCUT2D eigenvalue weighted by molar-refractivity contribution is 9.11. The van der Waals surface area contributed by atoms with Crippen LogP contribution in [0.3, 0.4) is 0 Å². The summed E-state index contributed by atoms with van der Waals surface area (Å²) in [6.45, 7) is 0.0697. The summed E-state index contributed by atoms with van der Waals surface area (Å²) < 4.78 is 6.40. The normalized spacial score (nSPS) is 11.8. The fourth-order valence-corrected chi connectivity index (χ4v) is 3.92. The number of rotatable bonds is 8. The topological polar surface area (TPSA) is 129 Å². The zero-order valence-electron chi connectivity index (χ0n) is 16.6. The van der Waals surface area contributed by atoms with Crippen molar-refractivity contribution in [3.05, 3.63) is 80.8 Å². The van der Waals surface area contributed by atoms with Crippen molar-refractivity contribution in [2.75, 3.05) is 0 Å². The van der Waals surface area contributed by atoms with Crippen molar-refractivity contribution in [2.24, 2.45) is 5.10 Å². The molecular formula is C21H19Br2N5O4. The number of amides is 2. The number of hydrogen-bond donors (Lipinski definition) is 4. The smallest absolute Gasteiger partial charge is 0.408 e. The van der Waals surface area contributed by atoms with Crippen LogP contribution in [-0.2, 0) is 22.6 Å². The Kier molecular flexibility index (Phi) is 8.40. The number of ether oxygens (including phenoxy) is 1. The molecule has 1 aromatic heterocycles. The molecule has 0 spiro atoms. The van der Waals surface area contributed by atoms with Crippen LogP contribution in [-0.4, -0.2) is 39.3 Å². The molecule has 32 heavy (non-hydrogen) atoms. The lowest BCUT2D eigenvalue weighted by molar-refractivity contribution is -0.123. The summed E-state index contributed by atoms with van der Waals surface area (Å²) in [6, 6.07) is 11.5. The molecule has 0 aliphatic carbocycles. The van der Waals surface area contributed by atoms with Crippen molar-refractivity contribution in [3.8, 4) is 5.75 Å². The largest absolute Gasteiger partial charge is 0.506 e. The molecule has 0 radical (unpaired) electrons. The maximum Gasteiger partial charge on any atom is 0.408 e. The van der Waals surface area contributed by atoms with Crippen LogP contribution in [0.4, 0.5) is 4.79 Å². The van der Waals surface area contributed by atoms with Crippen LogP contribution in [0.15, 0.2) is 69.0 Å². The molecule has 0 aliphatic rings. The minimum atomic E-state index is -0.973. The number of alkyl carbamates (subject to hydrolysis) is 1. The second-order valence-electron chi connectivity index (χ2n) is 6.60. The molecule has 3 aromatic rings. The number of aromatic hydroxyl groups is 1. The summed E-state index contributed by atoms with van der Waals surface area (Å²) in [6.07, 6.45) is 3.73. The number of nitrogens with zero attached hydrogens (tertiary/aromatic N) is 2. The Balaban J connectivity index is 1.63. The summed E-state index contributed by atoms with van der Waals surface area (Å²) in [4.78, 5) is 31.7. The van der Waals surface area contributed by atoms with E-state index < -0.39 is 18.0 Å². The van der Waals surface area contributed by atoms with Gasteiger partial charge in [0.2, 0.25) is 0 Å². The molecule has 2 amide bonds. The molecule has 9 nitrogen and oxygen atoms in total. The number of carbonyl (C=O) groups is 2. The number of benzene rings is 2. The van der Waals surface area contributed by atoms with Crippen molar-refractivity contribution in [1.29, 1.82) is 0 Å². The summed E-state index contributed by atoms with van der Waals surface area (Å²) in [5.74, 6) is -0.594. The Morgan fingerprint density at radius 2 is 2.03 bits per heavy atom. The van der Waals surface area contributed by atoms with Crippen LogP contribution in [0.25, 0.3) is 0 Å². The van der Waals surface area contributed by atoms with Gasteiger partial charge in [-0.25, -0.2) is 15.2 Å². The molecule has 0 saturated carbocycles. The van der Waals surface area contributed by atoms with Gasteiger partial charge in [0.15, 0.2) is 0 Å². The maximum atomic E-state index is 12.7. The van der Waals surface area contributed by atoms with Gasteiger partial charge in [-0.3, -0.25) is 4.79 Å². The zero-order chi connectivity index (χ0) is 22.9. The molecular weight excluding hydrogens is 546 g/mol. The van der Waals surface area contributed by atoms with E-state index in [1.54, 1.807) is 18.3 Å². The molecule has 1 heterocycles. The van der Waals surface area contributed by atoms with Gasteiger partial charge in [-0.15, -0.1) is 0 Å². The summed E-state index contributed by atoms with van der Waals surface area (Å²) in [5, 5.41) is 16.5. The van der Waals surface area contributed by atoms with Gasteiger partial charge >= 0.3 is 6.09 Å². The van der Waals surface area contributed by atoms with Crippen LogP contribution in [0.2, 0.25) is 0 Å². The van der Waals surface area contributed by atoms with Crippen molar-refractivity contribution in [2.45, 2.75) is 19.1 Å². The van der Waals surface area contributed by atoms with Gasteiger partial charge in [0.25, 0.3) is 5.91 Å². The average Bonchev–Trinajstić information content (AvgIpc) is 3.29. The van der Waals surface area contributed by atoms with Gasteiger partial charge in [-0.2, -0.15) is 5.10 Å². The van der Waals surface area contributed by atoms with E-state index in [1.165, 1.54) is 12.5 Å². The van der Waals surface area contributed by atoms with E-state index in [4.69, 9.17) is 4.74 Å². The third-order valence-electron chi connectivity index (χ3n) is 4.24. The monoisotopic (exact) mass is 563 g/mol. The quantitative estimate of drug-likeness (QED) is 0.245. The molecule has 11 heteroatoms. The number of nitrogens with one attached hydrogen (secondary N) is 3. The van der Waals surface area contributed by atoms with Gasteiger partial charge in [-0.1, -0.05) is 46.3 Å². The first-order chi connectivity index (χ1) is 15.4. The van der Waals surface area contributed by atoms with Crippen LogP contribution in [0.5, 0.6) is 5.75 Å². The number of H-pyrrole nitrogens is 1. The third kappa shape index (κ3) is 6.92. The van der Waals surface area contributed by atoms with E-state index >= 15 is 0 Å². The number of halogens is 2. The van der Waals surface area contributed by atoms with Crippen molar-refractivity contribution < 1.29 is 19.4 Å². The van der Waals surface area contributed by atoms with Crippen LogP contribution >= 0.6 is 31.9 Å². The second-order valence-corrected chi connectivity index (χ2v) is 8.37. The molecule has 3 rings (SSSR count). The Morgan fingerprint density at radius 1 is 1.25 bits per heavy atom. The van der Waals surface area contributed by atoms with Crippen molar-refractivity contribution in [3.63, 3.8) is 0 Å². The molecule has 166 valence electrons. The Hall–Kier alpha value is -3.18. The number of imidazole rings is 1. The molecule has 0 unspecified atom stereocenters. The lowest BCUT2D eigenvalue weighted by Gasteiger charge is -2.16. The number of hydrogen-bond acceptors (Lipinski definition) is 6. The number of aromatic nitrogens is 2. The fraction of sp³-hybridized carbons (Fsp3) is 0.143. The molecule has 0 bridgehead atoms. The first-order valence-corrected chi connectivity index (χ1v) is 11.0. The first kappa shape index (κ1) is 23.5. The van der Waals surface area contributed by atoms with Gasteiger partial charge < -0.3 is 20.1 Å². The van der Waals surface area contributed by atoms with Crippen LogP contribution in [0.1, 0.15) is 16.8 Å². The lowest BCUT2D eigenvalue weighted by atomic mass is 10.1. The average molecular weight is 565 g/mol. The van der Waals surface area contributed by atoms with E-state index in [0.717, 1.165) is 10.0 Å². The van der Waals surface area contributed by atoms with Gasteiger partial charge in [0.1, 0.15) is 18.4 Å². The van der Waals surface area contributed by atoms with Crippen LogP contribution in [0, 0.1) is 0 Å². The van der Waals surface area contributed by atoms with Gasteiger partial charge in [0.05, 0.1) is 17.0 Å². The number of aromatic amines is 1. The zero-order valence-corrected chi connectivity index (χ0v) is 19.8. The highest BCUT2D eigenvalue weighted by Gasteiger charge is 2.22. The van der Waals surface area contributed by atoms with E-state index in [2.05, 4.69) is 57.7 Å². The first-order valence-electron chi connectivity index (χ1n) is 9.37. The summed E-state index contributed by atoms with van der Waals surface area (Å²) in [5.41, 5.74) is 4.22. The minimum absolute atomic E-state index is 0.0252. The third-order valence-corrected chi connectivity index (χ3v) is 5.30. The standard InChI is InChI=1S/C21H19Br2N5O4/c22-15-6-14(19(29)17(23)7-15)9-26-28-20(30)18(8-16-10-24-12-25-16)27-21(31)32-11-13-4-2-1-3-5-13/h1-7,9-10,12,18,29H,8,11H2,(H,24,25)(H,27,31)(H,28,30)/b26-9-/t18-/m0/s1. The second kappa shape index (κ2) is 11.4. The molecule has 4 N–H and O–H groups in total. The lowest BCUT2D eigenvalue weighted by Crippen LogP contribution is -2.47. The van der Waals surface area contributed by atoms with Gasteiger partial charge in [0, 0.05) is 28.3 Å². The van der Waals surface area contributed by atoms with Crippen LogP contribution < -0.4 is 10.7 Å². The summed E-state index contributed by atoms with van der Waals surface area (Å²) >= 11 is 6.56. The predicted octanol–water partition coefficient (Wildman–Crippen LogP) is 3.63.